The average Bonchev–Trinajstić information content (AvgIpc) is 2.85. The molecule has 0 saturated heterocycles. The van der Waals surface area contributed by atoms with Crippen molar-refractivity contribution in [1.29, 1.82) is 0 Å². The predicted octanol–water partition coefficient (Wildman–Crippen LogP) is 0.288. The monoisotopic (exact) mass is 386 g/mol. The smallest absolute Gasteiger partial charge is 0.315 e. The maximum Gasteiger partial charge on any atom is 0.315 e. The molecule has 1 fully saturated rings. The number of amides is 2. The van der Waals surface area contributed by atoms with E-state index in [0.29, 0.717) is 18.7 Å². The molecule has 0 aliphatic heterocycles. The van der Waals surface area contributed by atoms with E-state index in [2.05, 4.69) is 10.6 Å². The lowest BCUT2D eigenvalue weighted by Gasteiger charge is -2.18. The van der Waals surface area contributed by atoms with Gasteiger partial charge >= 0.3 is 6.03 Å². The summed E-state index contributed by atoms with van der Waals surface area (Å²) < 4.78 is 28.5. The first-order valence-electron chi connectivity index (χ1n) is 8.55. The zero-order valence-corrected chi connectivity index (χ0v) is 15.7. The molecule has 2 amide bonds. The van der Waals surface area contributed by atoms with Crippen LogP contribution in [0.2, 0.25) is 0 Å². The number of urea groups is 1. The zero-order chi connectivity index (χ0) is 19.3. The number of benzene rings is 1. The molecule has 4 N–H and O–H groups in total. The molecular formula is C17H26N2O6S. The van der Waals surface area contributed by atoms with Crippen LogP contribution in [-0.4, -0.2) is 62.3 Å². The van der Waals surface area contributed by atoms with Crippen molar-refractivity contribution < 1.29 is 28.2 Å². The van der Waals surface area contributed by atoms with Gasteiger partial charge in [-0.1, -0.05) is 6.92 Å². The van der Waals surface area contributed by atoms with Gasteiger partial charge in [-0.15, -0.1) is 0 Å². The van der Waals surface area contributed by atoms with Crippen molar-refractivity contribution in [2.24, 2.45) is 5.92 Å². The van der Waals surface area contributed by atoms with Gasteiger partial charge in [0.1, 0.15) is 11.9 Å². The number of hydrogen-bond donors (Lipinski definition) is 4. The van der Waals surface area contributed by atoms with E-state index in [4.69, 9.17) is 4.74 Å². The Labute approximate surface area is 153 Å². The molecule has 1 aromatic carbocycles. The van der Waals surface area contributed by atoms with Gasteiger partial charge < -0.3 is 25.6 Å². The molecule has 26 heavy (non-hydrogen) atoms. The van der Waals surface area contributed by atoms with Gasteiger partial charge in [-0.2, -0.15) is 0 Å². The maximum atomic E-state index is 11.7. The summed E-state index contributed by atoms with van der Waals surface area (Å²) in [5, 5.41) is 25.6. The van der Waals surface area contributed by atoms with Gasteiger partial charge in [0.15, 0.2) is 9.84 Å². The number of hydrogen-bond acceptors (Lipinski definition) is 6. The maximum absolute atomic E-state index is 11.7. The second kappa shape index (κ2) is 8.70. The highest BCUT2D eigenvalue weighted by atomic mass is 32.2. The standard InChI is InChI=1S/C17H26N2O6S/c1-3-8-18-17(22)19-14-9-11(15(20)16(14)21)10-25-12-4-6-13(7-5-12)26(2,23)24/h4-7,11,14-16,20-21H,3,8-10H2,1-2H3,(H2,18,19,22)/t11-,14-,15-,16+/m1/s1. The summed E-state index contributed by atoms with van der Waals surface area (Å²) in [4.78, 5) is 11.9. The summed E-state index contributed by atoms with van der Waals surface area (Å²) in [7, 11) is -3.27. The normalized spacial score (nSPS) is 25.7. The SMILES string of the molecule is CCCNC(=O)N[C@@H]1C[C@H](COc2ccc(S(C)(=O)=O)cc2)[C@@H](O)[C@H]1O. The molecule has 8 nitrogen and oxygen atoms in total. The second-order valence-corrected chi connectivity index (χ2v) is 8.55. The Bertz CT molecular complexity index is 706. The third kappa shape index (κ3) is 5.33. The Balaban J connectivity index is 1.88. The molecule has 0 spiro atoms. The molecule has 146 valence electrons. The lowest BCUT2D eigenvalue weighted by atomic mass is 10.1. The fraction of sp³-hybridized carbons (Fsp3) is 0.588. The van der Waals surface area contributed by atoms with Gasteiger partial charge in [-0.3, -0.25) is 0 Å². The van der Waals surface area contributed by atoms with Crippen LogP contribution in [0, 0.1) is 5.92 Å². The number of carbonyl (C=O) groups is 1. The number of carbonyl (C=O) groups excluding carboxylic acids is 1. The minimum Gasteiger partial charge on any atom is -0.493 e. The molecule has 0 bridgehead atoms. The molecule has 9 heteroatoms. The van der Waals surface area contributed by atoms with E-state index < -0.39 is 28.1 Å². The highest BCUT2D eigenvalue weighted by molar-refractivity contribution is 7.90. The van der Waals surface area contributed by atoms with Crippen LogP contribution in [0.15, 0.2) is 29.2 Å². The third-order valence-corrected chi connectivity index (χ3v) is 5.50. The zero-order valence-electron chi connectivity index (χ0n) is 14.9. The van der Waals surface area contributed by atoms with Crippen LogP contribution in [0.5, 0.6) is 5.75 Å². The molecule has 1 aliphatic carbocycles. The predicted molar refractivity (Wildman–Crippen MR) is 95.8 cm³/mol. The van der Waals surface area contributed by atoms with Gasteiger partial charge in [0.2, 0.25) is 0 Å². The van der Waals surface area contributed by atoms with Crippen molar-refractivity contribution in [2.45, 2.75) is 42.9 Å². The van der Waals surface area contributed by atoms with E-state index in [1.807, 2.05) is 6.92 Å². The highest BCUT2D eigenvalue weighted by Gasteiger charge is 2.42. The van der Waals surface area contributed by atoms with Crippen LogP contribution in [-0.2, 0) is 9.84 Å². The van der Waals surface area contributed by atoms with Gasteiger partial charge in [-0.05, 0) is 37.1 Å². The highest BCUT2D eigenvalue weighted by Crippen LogP contribution is 2.28. The number of nitrogens with one attached hydrogen (secondary N) is 2. The molecule has 4 atom stereocenters. The topological polar surface area (TPSA) is 125 Å². The molecule has 0 unspecified atom stereocenters. The summed E-state index contributed by atoms with van der Waals surface area (Å²) in [5.41, 5.74) is 0. The summed E-state index contributed by atoms with van der Waals surface area (Å²) in [6.07, 6.45) is 0.231. The van der Waals surface area contributed by atoms with E-state index in [0.717, 1.165) is 12.7 Å². The van der Waals surface area contributed by atoms with Gasteiger partial charge in [0, 0.05) is 18.7 Å². The minimum absolute atomic E-state index is 0.144. The van der Waals surface area contributed by atoms with Gasteiger partial charge in [0.25, 0.3) is 0 Å². The van der Waals surface area contributed by atoms with Gasteiger partial charge in [-0.25, -0.2) is 13.2 Å². The van der Waals surface area contributed by atoms with Crippen LogP contribution in [0.1, 0.15) is 19.8 Å². The second-order valence-electron chi connectivity index (χ2n) is 6.54. The Kier molecular flexibility index (Phi) is 6.85. The molecule has 0 heterocycles. The molecule has 2 rings (SSSR count). The minimum atomic E-state index is -3.27. The van der Waals surface area contributed by atoms with Crippen molar-refractivity contribution in [2.75, 3.05) is 19.4 Å². The molecule has 0 radical (unpaired) electrons. The molecule has 1 aliphatic rings. The van der Waals surface area contributed by atoms with Crippen molar-refractivity contribution in [3.05, 3.63) is 24.3 Å². The quantitative estimate of drug-likeness (QED) is 0.534. The first-order chi connectivity index (χ1) is 12.2. The Hall–Kier alpha value is -1.84. The summed E-state index contributed by atoms with van der Waals surface area (Å²) in [6.45, 7) is 2.61. The molecular weight excluding hydrogens is 360 g/mol. The third-order valence-electron chi connectivity index (χ3n) is 4.37. The van der Waals surface area contributed by atoms with E-state index in [1.165, 1.54) is 12.1 Å². The van der Waals surface area contributed by atoms with Crippen molar-refractivity contribution in [1.82, 2.24) is 10.6 Å². The van der Waals surface area contributed by atoms with Crippen LogP contribution >= 0.6 is 0 Å². The summed E-state index contributed by atoms with van der Waals surface area (Å²) in [6, 6.07) is 5.06. The fourth-order valence-electron chi connectivity index (χ4n) is 2.88. The van der Waals surface area contributed by atoms with Crippen molar-refractivity contribution in [3.8, 4) is 5.75 Å². The Morgan fingerprint density at radius 2 is 1.88 bits per heavy atom. The molecule has 1 saturated carbocycles. The largest absolute Gasteiger partial charge is 0.493 e. The lowest BCUT2D eigenvalue weighted by Crippen LogP contribution is -2.47. The molecule has 0 aromatic heterocycles. The first kappa shape index (κ1) is 20.5. The number of aliphatic hydroxyl groups excluding tert-OH is 2. The van der Waals surface area contributed by atoms with E-state index in [-0.39, 0.29) is 23.5 Å². The molecule has 1 aromatic rings. The van der Waals surface area contributed by atoms with Crippen LogP contribution < -0.4 is 15.4 Å². The van der Waals surface area contributed by atoms with Gasteiger partial charge in [0.05, 0.1) is 23.6 Å². The Morgan fingerprint density at radius 3 is 2.46 bits per heavy atom. The number of rotatable bonds is 7. The van der Waals surface area contributed by atoms with E-state index >= 15 is 0 Å². The first-order valence-corrected chi connectivity index (χ1v) is 10.4. The summed E-state index contributed by atoms with van der Waals surface area (Å²) in [5.74, 6) is 0.118. The van der Waals surface area contributed by atoms with E-state index in [1.54, 1.807) is 12.1 Å². The number of aliphatic hydroxyl groups is 2. The fourth-order valence-corrected chi connectivity index (χ4v) is 3.51. The average molecular weight is 386 g/mol. The van der Waals surface area contributed by atoms with Crippen molar-refractivity contribution in [3.63, 3.8) is 0 Å². The lowest BCUT2D eigenvalue weighted by molar-refractivity contribution is 0.00330. The number of ether oxygens (including phenoxy) is 1. The summed E-state index contributed by atoms with van der Waals surface area (Å²) >= 11 is 0. The number of sulfone groups is 1. The van der Waals surface area contributed by atoms with Crippen LogP contribution in [0.3, 0.4) is 0 Å². The van der Waals surface area contributed by atoms with Crippen LogP contribution in [0.4, 0.5) is 4.79 Å². The van der Waals surface area contributed by atoms with Crippen molar-refractivity contribution >= 4 is 15.9 Å². The Morgan fingerprint density at radius 1 is 1.23 bits per heavy atom. The van der Waals surface area contributed by atoms with E-state index in [9.17, 15) is 23.4 Å². The van der Waals surface area contributed by atoms with Crippen LogP contribution in [0.25, 0.3) is 0 Å².